The van der Waals surface area contributed by atoms with Crippen LogP contribution in [0.1, 0.15) is 0 Å². The Morgan fingerprint density at radius 1 is 0.260 bits per heavy atom. The molecule has 360 valence electrons. The summed E-state index contributed by atoms with van der Waals surface area (Å²) in [6, 6.07) is 106. The van der Waals surface area contributed by atoms with Crippen molar-refractivity contribution in [2.75, 3.05) is 9.80 Å². The highest BCUT2D eigenvalue weighted by Crippen LogP contribution is 2.53. The molecule has 0 saturated heterocycles. The zero-order valence-corrected chi connectivity index (χ0v) is 42.0. The van der Waals surface area contributed by atoms with Gasteiger partial charge in [0.15, 0.2) is 5.58 Å². The molecule has 3 heteroatoms. The van der Waals surface area contributed by atoms with Crippen LogP contribution < -0.4 is 9.80 Å². The lowest BCUT2D eigenvalue weighted by atomic mass is 9.87. The molecular formula is C74H48N2O. The van der Waals surface area contributed by atoms with Crippen molar-refractivity contribution in [2.24, 2.45) is 0 Å². The molecular weight excluding hydrogens is 933 g/mol. The molecule has 0 aliphatic carbocycles. The van der Waals surface area contributed by atoms with E-state index in [0.717, 1.165) is 83.2 Å². The zero-order chi connectivity index (χ0) is 50.8. The molecule has 0 aliphatic heterocycles. The molecule has 3 nitrogen and oxygen atoms in total. The summed E-state index contributed by atoms with van der Waals surface area (Å²) in [6.07, 6.45) is 0. The Kier molecular flexibility index (Phi) is 10.5. The number of fused-ring (bicyclic) bond motifs is 10. The highest BCUT2D eigenvalue weighted by atomic mass is 16.3. The molecule has 14 aromatic carbocycles. The second-order valence-corrected chi connectivity index (χ2v) is 19.9. The smallest absolute Gasteiger partial charge is 0.160 e. The number of hydrogen-bond donors (Lipinski definition) is 0. The van der Waals surface area contributed by atoms with E-state index in [0.29, 0.717) is 0 Å². The summed E-state index contributed by atoms with van der Waals surface area (Å²) < 4.78 is 7.19. The molecule has 0 fully saturated rings. The SMILES string of the molecule is c1ccc(-c2ccc(N(c3ccccc3)c3c4ccccc4c(-c4ccc(N(c5ccc(-c6ccccc6)cc5)c5cc6ccccc6c6c5oc5ccc7ccccc7c56)c5ccccc45)c4ccccc34)cc2)cc1. The Bertz CT molecular complexity index is 4660. The Hall–Kier alpha value is -10.2. The monoisotopic (exact) mass is 980 g/mol. The van der Waals surface area contributed by atoms with E-state index in [1.54, 1.807) is 0 Å². The van der Waals surface area contributed by atoms with E-state index in [4.69, 9.17) is 4.42 Å². The molecule has 0 radical (unpaired) electrons. The van der Waals surface area contributed by atoms with Crippen LogP contribution in [0.25, 0.3) is 109 Å². The summed E-state index contributed by atoms with van der Waals surface area (Å²) in [5.74, 6) is 0. The standard InChI is InChI=1S/C74H48N2O/c1-4-20-49(21-5-1)51-36-41-56(42-37-51)75(55-26-8-3-9-27-55)73-65-34-18-16-32-62(65)70(63-33-17-19-35-66(63)73)64-45-46-67(61-31-15-14-30-60(61)64)76(57-43-38-52(39-44-57)50-22-6-2-7-23-50)68-48-54-25-11-13-29-59(54)72-71-58-28-12-10-24-53(58)40-47-69(71)77-74(68)72/h1-48H. The summed E-state index contributed by atoms with van der Waals surface area (Å²) in [5, 5.41) is 13.9. The lowest BCUT2D eigenvalue weighted by Crippen LogP contribution is -2.12. The van der Waals surface area contributed by atoms with Gasteiger partial charge in [-0.05, 0) is 126 Å². The molecule has 0 unspecified atom stereocenters. The third kappa shape index (κ3) is 7.35. The molecule has 0 spiro atoms. The van der Waals surface area contributed by atoms with Gasteiger partial charge >= 0.3 is 0 Å². The topological polar surface area (TPSA) is 19.6 Å². The van der Waals surface area contributed by atoms with E-state index in [1.807, 2.05) is 0 Å². The van der Waals surface area contributed by atoms with Gasteiger partial charge in [0.05, 0.1) is 17.1 Å². The normalized spacial score (nSPS) is 11.6. The molecule has 0 saturated carbocycles. The van der Waals surface area contributed by atoms with Crippen molar-refractivity contribution in [3.05, 3.63) is 291 Å². The van der Waals surface area contributed by atoms with Crippen LogP contribution in [0.3, 0.4) is 0 Å². The summed E-state index contributed by atoms with van der Waals surface area (Å²) >= 11 is 0. The lowest BCUT2D eigenvalue weighted by molar-refractivity contribution is 0.669. The summed E-state index contributed by atoms with van der Waals surface area (Å²) in [5.41, 5.74) is 15.2. The lowest BCUT2D eigenvalue weighted by Gasteiger charge is -2.30. The number of hydrogen-bond acceptors (Lipinski definition) is 3. The average Bonchev–Trinajstić information content (AvgIpc) is 4.04. The van der Waals surface area contributed by atoms with Gasteiger partial charge in [0.25, 0.3) is 0 Å². The van der Waals surface area contributed by atoms with Crippen LogP contribution in [0.15, 0.2) is 296 Å². The molecule has 0 amide bonds. The number of rotatable bonds is 9. The third-order valence-electron chi connectivity index (χ3n) is 15.6. The Labute approximate surface area is 446 Å². The van der Waals surface area contributed by atoms with Crippen LogP contribution in [-0.4, -0.2) is 0 Å². The van der Waals surface area contributed by atoms with Gasteiger partial charge < -0.3 is 14.2 Å². The van der Waals surface area contributed by atoms with Gasteiger partial charge in [-0.1, -0.05) is 237 Å². The summed E-state index contributed by atoms with van der Waals surface area (Å²) in [4.78, 5) is 4.87. The van der Waals surface area contributed by atoms with Gasteiger partial charge in [0.2, 0.25) is 0 Å². The highest BCUT2D eigenvalue weighted by Gasteiger charge is 2.27. The molecule has 0 aliphatic rings. The van der Waals surface area contributed by atoms with Crippen molar-refractivity contribution in [1.29, 1.82) is 0 Å². The van der Waals surface area contributed by atoms with Crippen LogP contribution >= 0.6 is 0 Å². The van der Waals surface area contributed by atoms with Gasteiger partial charge in [0.1, 0.15) is 5.58 Å². The predicted molar refractivity (Wildman–Crippen MR) is 327 cm³/mol. The van der Waals surface area contributed by atoms with Gasteiger partial charge in [-0.2, -0.15) is 0 Å². The van der Waals surface area contributed by atoms with Crippen molar-refractivity contribution < 1.29 is 4.42 Å². The third-order valence-corrected chi connectivity index (χ3v) is 15.6. The predicted octanol–water partition coefficient (Wildman–Crippen LogP) is 21.3. The van der Waals surface area contributed by atoms with Crippen LogP contribution in [0.4, 0.5) is 34.1 Å². The molecule has 0 atom stereocenters. The second-order valence-electron chi connectivity index (χ2n) is 19.9. The van der Waals surface area contributed by atoms with Gasteiger partial charge in [-0.3, -0.25) is 0 Å². The van der Waals surface area contributed by atoms with Crippen LogP contribution in [0.2, 0.25) is 0 Å². The minimum Gasteiger partial charge on any atom is -0.454 e. The fourth-order valence-corrected chi connectivity index (χ4v) is 12.1. The van der Waals surface area contributed by atoms with E-state index in [-0.39, 0.29) is 0 Å². The number of benzene rings is 14. The van der Waals surface area contributed by atoms with Crippen LogP contribution in [-0.2, 0) is 0 Å². The van der Waals surface area contributed by atoms with Crippen molar-refractivity contribution in [1.82, 2.24) is 0 Å². The molecule has 0 N–H and O–H groups in total. The maximum atomic E-state index is 7.19. The first-order valence-electron chi connectivity index (χ1n) is 26.4. The summed E-state index contributed by atoms with van der Waals surface area (Å²) in [7, 11) is 0. The number of anilines is 6. The quantitative estimate of drug-likeness (QED) is 0.134. The van der Waals surface area contributed by atoms with Crippen molar-refractivity contribution in [2.45, 2.75) is 0 Å². The fourth-order valence-electron chi connectivity index (χ4n) is 12.1. The van der Waals surface area contributed by atoms with E-state index < -0.39 is 0 Å². The second kappa shape index (κ2) is 18.3. The Balaban J connectivity index is 0.977. The zero-order valence-electron chi connectivity index (χ0n) is 42.0. The molecule has 77 heavy (non-hydrogen) atoms. The van der Waals surface area contributed by atoms with Crippen molar-refractivity contribution in [3.63, 3.8) is 0 Å². The van der Waals surface area contributed by atoms with E-state index in [9.17, 15) is 0 Å². The first-order chi connectivity index (χ1) is 38.2. The van der Waals surface area contributed by atoms with E-state index in [2.05, 4.69) is 301 Å². The Morgan fingerprint density at radius 2 is 0.701 bits per heavy atom. The minimum atomic E-state index is 0.848. The van der Waals surface area contributed by atoms with Crippen LogP contribution in [0, 0.1) is 0 Å². The Morgan fingerprint density at radius 3 is 1.30 bits per heavy atom. The van der Waals surface area contributed by atoms with Gasteiger partial charge in [-0.25, -0.2) is 0 Å². The average molecular weight is 981 g/mol. The maximum Gasteiger partial charge on any atom is 0.160 e. The van der Waals surface area contributed by atoms with Crippen molar-refractivity contribution in [3.8, 4) is 33.4 Å². The van der Waals surface area contributed by atoms with Gasteiger partial charge in [-0.15, -0.1) is 0 Å². The van der Waals surface area contributed by atoms with Gasteiger partial charge in [0, 0.05) is 44.0 Å². The maximum absolute atomic E-state index is 7.19. The first-order valence-corrected chi connectivity index (χ1v) is 26.4. The molecule has 1 heterocycles. The largest absolute Gasteiger partial charge is 0.454 e. The highest BCUT2D eigenvalue weighted by molar-refractivity contribution is 6.30. The number of furan rings is 1. The number of para-hydroxylation sites is 1. The minimum absolute atomic E-state index is 0.848. The van der Waals surface area contributed by atoms with Crippen LogP contribution in [0.5, 0.6) is 0 Å². The fraction of sp³-hybridized carbons (Fsp3) is 0. The van der Waals surface area contributed by atoms with Crippen molar-refractivity contribution >= 4 is 110 Å². The first kappa shape index (κ1) is 44.3. The molecule has 1 aromatic heterocycles. The molecule has 15 rings (SSSR count). The molecule has 15 aromatic rings. The van der Waals surface area contributed by atoms with E-state index in [1.165, 1.54) is 60.1 Å². The van der Waals surface area contributed by atoms with E-state index >= 15 is 0 Å². The number of nitrogens with zero attached hydrogens (tertiary/aromatic N) is 2. The summed E-state index contributed by atoms with van der Waals surface area (Å²) in [6.45, 7) is 0. The molecule has 0 bridgehead atoms.